The minimum atomic E-state index is -0.0259. The van der Waals surface area contributed by atoms with E-state index in [1.54, 1.807) is 19.1 Å². The Morgan fingerprint density at radius 3 is 2.50 bits per heavy atom. The van der Waals surface area contributed by atoms with E-state index in [2.05, 4.69) is 22.9 Å². The smallest absolute Gasteiger partial charge is 0.324 e. The number of nitrogens with zero attached hydrogens (tertiary/aromatic N) is 2. The summed E-state index contributed by atoms with van der Waals surface area (Å²) < 4.78 is 17.8. The monoisotopic (exact) mass is 476 g/mol. The third kappa shape index (κ3) is 5.19. The summed E-state index contributed by atoms with van der Waals surface area (Å²) in [6.07, 6.45) is 3.26. The van der Waals surface area contributed by atoms with Crippen molar-refractivity contribution in [3.05, 3.63) is 46.4 Å². The molecule has 0 atom stereocenters. The van der Waals surface area contributed by atoms with E-state index >= 15 is 0 Å². The van der Waals surface area contributed by atoms with Crippen LogP contribution < -0.4 is 19.1 Å². The zero-order valence-electron chi connectivity index (χ0n) is 17.8. The molecule has 2 aromatic carbocycles. The minimum absolute atomic E-state index is 0.0259. The van der Waals surface area contributed by atoms with Crippen molar-refractivity contribution in [2.24, 2.45) is 0 Å². The van der Waals surface area contributed by atoms with E-state index < -0.39 is 0 Å². The van der Waals surface area contributed by atoms with Crippen LogP contribution in [0.4, 0.5) is 10.5 Å². The van der Waals surface area contributed by atoms with Crippen molar-refractivity contribution < 1.29 is 19.0 Å². The van der Waals surface area contributed by atoms with Crippen LogP contribution in [0.1, 0.15) is 31.7 Å². The maximum atomic E-state index is 13.1. The number of amides is 2. The lowest BCUT2D eigenvalue weighted by Crippen LogP contribution is -2.31. The van der Waals surface area contributed by atoms with Crippen LogP contribution >= 0.6 is 15.9 Å². The third-order valence-corrected chi connectivity index (χ3v) is 5.66. The summed E-state index contributed by atoms with van der Waals surface area (Å²) in [5, 5.41) is 0. The lowest BCUT2D eigenvalue weighted by atomic mass is 10.2. The number of hydrogen-bond acceptors (Lipinski definition) is 4. The molecule has 0 N–H and O–H groups in total. The van der Waals surface area contributed by atoms with E-state index in [4.69, 9.17) is 14.2 Å². The standard InChI is InChI=1S/C23H29BrN2O4/c1-4-5-6-13-30-22-15-19(9-10-20(22)28-2)26-12-11-25(23(26)27)16-17-7-8-18(24)14-21(17)29-3/h7-10,14-15H,4-6,11-13,16H2,1-3H3. The van der Waals surface area contributed by atoms with E-state index in [0.29, 0.717) is 37.7 Å². The fraction of sp³-hybridized carbons (Fsp3) is 0.435. The molecule has 0 spiro atoms. The van der Waals surface area contributed by atoms with Crippen molar-refractivity contribution in [2.45, 2.75) is 32.7 Å². The number of halogens is 1. The summed E-state index contributed by atoms with van der Waals surface area (Å²) in [5.41, 5.74) is 1.79. The van der Waals surface area contributed by atoms with E-state index in [9.17, 15) is 4.79 Å². The lowest BCUT2D eigenvalue weighted by Gasteiger charge is -2.21. The van der Waals surface area contributed by atoms with Gasteiger partial charge in [-0.05, 0) is 30.7 Å². The van der Waals surface area contributed by atoms with Gasteiger partial charge in [-0.3, -0.25) is 4.90 Å². The Morgan fingerprint density at radius 1 is 0.967 bits per heavy atom. The first-order valence-corrected chi connectivity index (χ1v) is 11.1. The van der Waals surface area contributed by atoms with Gasteiger partial charge in [0.25, 0.3) is 0 Å². The molecule has 6 nitrogen and oxygen atoms in total. The molecule has 162 valence electrons. The van der Waals surface area contributed by atoms with Gasteiger partial charge in [-0.15, -0.1) is 0 Å². The van der Waals surface area contributed by atoms with Gasteiger partial charge in [-0.25, -0.2) is 4.79 Å². The second-order valence-corrected chi connectivity index (χ2v) is 8.12. The maximum Gasteiger partial charge on any atom is 0.324 e. The SMILES string of the molecule is CCCCCOc1cc(N2CCN(Cc3ccc(Br)cc3OC)C2=O)ccc1OC. The molecular formula is C23H29BrN2O4. The molecule has 0 saturated carbocycles. The van der Waals surface area contributed by atoms with Crippen LogP contribution in [0.25, 0.3) is 0 Å². The van der Waals surface area contributed by atoms with Gasteiger partial charge in [0.1, 0.15) is 5.75 Å². The van der Waals surface area contributed by atoms with Crippen molar-refractivity contribution >= 4 is 27.6 Å². The number of methoxy groups -OCH3 is 2. The van der Waals surface area contributed by atoms with Crippen molar-refractivity contribution in [3.8, 4) is 17.2 Å². The van der Waals surface area contributed by atoms with Crippen molar-refractivity contribution in [3.63, 3.8) is 0 Å². The fourth-order valence-electron chi connectivity index (χ4n) is 3.50. The highest BCUT2D eigenvalue weighted by atomic mass is 79.9. The number of anilines is 1. The Morgan fingerprint density at radius 2 is 1.77 bits per heavy atom. The molecule has 0 unspecified atom stereocenters. The predicted molar refractivity (Wildman–Crippen MR) is 122 cm³/mol. The molecule has 0 aliphatic carbocycles. The largest absolute Gasteiger partial charge is 0.496 e. The third-order valence-electron chi connectivity index (χ3n) is 5.17. The van der Waals surface area contributed by atoms with Gasteiger partial charge >= 0.3 is 6.03 Å². The highest BCUT2D eigenvalue weighted by Crippen LogP contribution is 2.34. The summed E-state index contributed by atoms with van der Waals surface area (Å²) in [6.45, 7) is 4.57. The second-order valence-electron chi connectivity index (χ2n) is 7.20. The highest BCUT2D eigenvalue weighted by Gasteiger charge is 2.30. The van der Waals surface area contributed by atoms with Crippen LogP contribution in [0.5, 0.6) is 17.2 Å². The summed E-state index contributed by atoms with van der Waals surface area (Å²) in [7, 11) is 3.27. The summed E-state index contributed by atoms with van der Waals surface area (Å²) >= 11 is 3.46. The van der Waals surface area contributed by atoms with Gasteiger partial charge in [-0.1, -0.05) is 41.8 Å². The van der Waals surface area contributed by atoms with Crippen molar-refractivity contribution in [1.82, 2.24) is 4.90 Å². The molecule has 0 bridgehead atoms. The number of ether oxygens (including phenoxy) is 3. The molecule has 0 radical (unpaired) electrons. The van der Waals surface area contributed by atoms with E-state index in [1.165, 1.54) is 0 Å². The Bertz CT molecular complexity index is 874. The van der Waals surface area contributed by atoms with Crippen LogP contribution in [0.2, 0.25) is 0 Å². The minimum Gasteiger partial charge on any atom is -0.496 e. The molecule has 30 heavy (non-hydrogen) atoms. The molecule has 1 heterocycles. The topological polar surface area (TPSA) is 51.2 Å². The quantitative estimate of drug-likeness (QED) is 0.426. The van der Waals surface area contributed by atoms with E-state index in [0.717, 1.165) is 40.7 Å². The van der Waals surface area contributed by atoms with Crippen LogP contribution in [0, 0.1) is 0 Å². The summed E-state index contributed by atoms with van der Waals surface area (Å²) in [6, 6.07) is 11.5. The molecule has 2 amide bonds. The van der Waals surface area contributed by atoms with Crippen LogP contribution in [0.3, 0.4) is 0 Å². The maximum absolute atomic E-state index is 13.1. The molecule has 0 aromatic heterocycles. The number of benzene rings is 2. The fourth-order valence-corrected chi connectivity index (χ4v) is 3.84. The van der Waals surface area contributed by atoms with E-state index in [-0.39, 0.29) is 6.03 Å². The van der Waals surface area contributed by atoms with Gasteiger partial charge in [-0.2, -0.15) is 0 Å². The predicted octanol–water partition coefficient (Wildman–Crippen LogP) is 5.48. The van der Waals surface area contributed by atoms with E-state index in [1.807, 2.05) is 41.3 Å². The number of unbranched alkanes of at least 4 members (excludes halogenated alkanes) is 2. The Labute approximate surface area is 186 Å². The van der Waals surface area contributed by atoms with Crippen molar-refractivity contribution in [2.75, 3.05) is 38.8 Å². The van der Waals surface area contributed by atoms with Gasteiger partial charge in [0, 0.05) is 34.9 Å². The molecule has 1 fully saturated rings. The number of carbonyl (C=O) groups is 1. The Kier molecular flexibility index (Phi) is 7.85. The zero-order chi connectivity index (χ0) is 21.5. The highest BCUT2D eigenvalue weighted by molar-refractivity contribution is 9.10. The van der Waals surface area contributed by atoms with Crippen LogP contribution in [0.15, 0.2) is 40.9 Å². The first kappa shape index (κ1) is 22.3. The summed E-state index contributed by atoms with van der Waals surface area (Å²) in [5.74, 6) is 2.12. The number of urea groups is 1. The molecule has 1 aliphatic rings. The Hall–Kier alpha value is -2.41. The van der Waals surface area contributed by atoms with Gasteiger partial charge in [0.05, 0.1) is 27.4 Å². The second kappa shape index (κ2) is 10.6. The molecule has 1 aliphatic heterocycles. The zero-order valence-corrected chi connectivity index (χ0v) is 19.4. The average Bonchev–Trinajstić information content (AvgIpc) is 3.12. The van der Waals surface area contributed by atoms with Gasteiger partial charge in [0.2, 0.25) is 0 Å². The molecule has 7 heteroatoms. The number of rotatable bonds is 10. The molecule has 3 rings (SSSR count). The first-order valence-electron chi connectivity index (χ1n) is 10.3. The van der Waals surface area contributed by atoms with Crippen LogP contribution in [-0.4, -0.2) is 44.8 Å². The molecular weight excluding hydrogens is 448 g/mol. The van der Waals surface area contributed by atoms with Gasteiger partial charge in [0.15, 0.2) is 11.5 Å². The first-order chi connectivity index (χ1) is 14.6. The molecule has 1 saturated heterocycles. The van der Waals surface area contributed by atoms with Crippen molar-refractivity contribution in [1.29, 1.82) is 0 Å². The van der Waals surface area contributed by atoms with Crippen LogP contribution in [-0.2, 0) is 6.54 Å². The normalized spacial score (nSPS) is 13.7. The van der Waals surface area contributed by atoms with Gasteiger partial charge < -0.3 is 19.1 Å². The number of carbonyl (C=O) groups excluding carboxylic acids is 1. The lowest BCUT2D eigenvalue weighted by molar-refractivity contribution is 0.218. The summed E-state index contributed by atoms with van der Waals surface area (Å²) in [4.78, 5) is 16.7. The molecule has 2 aromatic rings. The average molecular weight is 477 g/mol. The number of hydrogen-bond donors (Lipinski definition) is 0. The Balaban J connectivity index is 1.72.